The van der Waals surface area contributed by atoms with Crippen molar-refractivity contribution in [1.82, 2.24) is 4.90 Å². The summed E-state index contributed by atoms with van der Waals surface area (Å²) >= 11 is 0. The van der Waals surface area contributed by atoms with Crippen LogP contribution in [0.1, 0.15) is 32.3 Å². The van der Waals surface area contributed by atoms with Crippen molar-refractivity contribution < 1.29 is 13.9 Å². The van der Waals surface area contributed by atoms with Gasteiger partial charge in [-0.15, -0.1) is 12.4 Å². The summed E-state index contributed by atoms with van der Waals surface area (Å²) in [4.78, 5) is 15.0. The maximum Gasteiger partial charge on any atom is 0.227 e. The molecule has 0 saturated carbocycles. The average Bonchev–Trinajstić information content (AvgIpc) is 2.68. The number of ether oxygens (including phenoxy) is 1. The van der Waals surface area contributed by atoms with Crippen molar-refractivity contribution >= 4 is 24.0 Å². The lowest BCUT2D eigenvalue weighted by atomic mass is 9.95. The number of nitrogens with zero attached hydrogens (tertiary/aromatic N) is 1. The van der Waals surface area contributed by atoms with Crippen LogP contribution in [0.3, 0.4) is 0 Å². The highest BCUT2D eigenvalue weighted by Gasteiger charge is 2.26. The maximum absolute atomic E-state index is 13.0. The van der Waals surface area contributed by atoms with E-state index in [4.69, 9.17) is 4.74 Å². The van der Waals surface area contributed by atoms with Crippen LogP contribution in [0.15, 0.2) is 48.5 Å². The lowest BCUT2D eigenvalue weighted by molar-refractivity contribution is -0.121. The number of hydrogen-bond acceptors (Lipinski definition) is 3. The van der Waals surface area contributed by atoms with Crippen LogP contribution in [0.5, 0.6) is 5.75 Å². The molecule has 1 aliphatic rings. The van der Waals surface area contributed by atoms with Gasteiger partial charge >= 0.3 is 0 Å². The molecule has 1 heterocycles. The fraction of sp³-hybridized carbons (Fsp3) is 0.409. The number of amides is 1. The molecule has 1 aliphatic heterocycles. The smallest absolute Gasteiger partial charge is 0.227 e. The predicted molar refractivity (Wildman–Crippen MR) is 112 cm³/mol. The molecule has 0 radical (unpaired) electrons. The highest BCUT2D eigenvalue weighted by atomic mass is 35.5. The summed E-state index contributed by atoms with van der Waals surface area (Å²) in [5.74, 6) is 0.548. The van der Waals surface area contributed by atoms with Gasteiger partial charge < -0.3 is 15.0 Å². The van der Waals surface area contributed by atoms with Crippen LogP contribution < -0.4 is 10.1 Å². The number of piperidine rings is 1. The summed E-state index contributed by atoms with van der Waals surface area (Å²) in [5.41, 5.74) is 1.63. The number of anilines is 1. The molecular formula is C22H28ClFN2O2. The minimum Gasteiger partial charge on any atom is -0.489 e. The zero-order chi connectivity index (χ0) is 19.2. The molecule has 0 spiro atoms. The molecule has 0 aliphatic carbocycles. The highest BCUT2D eigenvalue weighted by molar-refractivity contribution is 5.92. The summed E-state index contributed by atoms with van der Waals surface area (Å²) < 4.78 is 18.7. The van der Waals surface area contributed by atoms with Gasteiger partial charge in [-0.2, -0.15) is 0 Å². The molecule has 1 amide bonds. The van der Waals surface area contributed by atoms with Gasteiger partial charge in [-0.1, -0.05) is 18.2 Å². The van der Waals surface area contributed by atoms with E-state index in [2.05, 4.69) is 24.1 Å². The lowest BCUT2D eigenvalue weighted by Crippen LogP contribution is -2.41. The fourth-order valence-electron chi connectivity index (χ4n) is 3.33. The van der Waals surface area contributed by atoms with Crippen molar-refractivity contribution in [3.05, 3.63) is 59.9 Å². The molecule has 0 aromatic heterocycles. The Morgan fingerprint density at radius 2 is 1.86 bits per heavy atom. The Kier molecular flexibility index (Phi) is 8.27. The molecule has 152 valence electrons. The molecule has 3 rings (SSSR count). The number of carbonyl (C=O) groups is 1. The van der Waals surface area contributed by atoms with E-state index in [1.54, 1.807) is 12.1 Å². The first-order valence-electron chi connectivity index (χ1n) is 9.53. The van der Waals surface area contributed by atoms with Crippen LogP contribution >= 0.6 is 12.4 Å². The summed E-state index contributed by atoms with van der Waals surface area (Å²) in [6, 6.07) is 14.2. The van der Waals surface area contributed by atoms with Crippen molar-refractivity contribution in [2.75, 3.05) is 18.4 Å². The largest absolute Gasteiger partial charge is 0.489 e. The van der Waals surface area contributed by atoms with Gasteiger partial charge in [-0.3, -0.25) is 4.79 Å². The van der Waals surface area contributed by atoms with Gasteiger partial charge in [0.25, 0.3) is 0 Å². The van der Waals surface area contributed by atoms with E-state index in [9.17, 15) is 9.18 Å². The summed E-state index contributed by atoms with van der Waals surface area (Å²) in [7, 11) is 0. The second kappa shape index (κ2) is 10.4. The van der Waals surface area contributed by atoms with Crippen molar-refractivity contribution in [1.29, 1.82) is 0 Å². The van der Waals surface area contributed by atoms with Crippen molar-refractivity contribution in [2.45, 2.75) is 39.3 Å². The van der Waals surface area contributed by atoms with Crippen LogP contribution in [0, 0.1) is 11.7 Å². The maximum atomic E-state index is 13.0. The highest BCUT2D eigenvalue weighted by Crippen LogP contribution is 2.23. The first-order chi connectivity index (χ1) is 13.0. The monoisotopic (exact) mass is 406 g/mol. The van der Waals surface area contributed by atoms with E-state index in [1.165, 1.54) is 12.1 Å². The average molecular weight is 407 g/mol. The third kappa shape index (κ3) is 6.21. The summed E-state index contributed by atoms with van der Waals surface area (Å²) in [6.07, 6.45) is 1.79. The molecule has 4 nitrogen and oxygen atoms in total. The second-order valence-corrected chi connectivity index (χ2v) is 7.34. The number of benzene rings is 2. The Bertz CT molecular complexity index is 759. The Balaban J connectivity index is 0.00000280. The van der Waals surface area contributed by atoms with Crippen molar-refractivity contribution in [3.8, 4) is 5.75 Å². The molecule has 1 fully saturated rings. The summed E-state index contributed by atoms with van der Waals surface area (Å²) in [6.45, 7) is 6.67. The zero-order valence-electron chi connectivity index (χ0n) is 16.4. The topological polar surface area (TPSA) is 41.6 Å². The number of nitrogens with one attached hydrogen (secondary N) is 1. The van der Waals surface area contributed by atoms with Gasteiger partial charge in [0.2, 0.25) is 5.91 Å². The lowest BCUT2D eigenvalue weighted by Gasteiger charge is -2.33. The normalized spacial score (nSPS) is 15.1. The molecule has 0 atom stereocenters. The molecule has 1 saturated heterocycles. The molecule has 1 N–H and O–H groups in total. The number of carbonyl (C=O) groups excluding carboxylic acids is 1. The molecule has 2 aromatic carbocycles. The first kappa shape index (κ1) is 22.2. The van der Waals surface area contributed by atoms with E-state index in [0.29, 0.717) is 18.4 Å². The van der Waals surface area contributed by atoms with E-state index < -0.39 is 0 Å². The van der Waals surface area contributed by atoms with Gasteiger partial charge in [0.15, 0.2) is 0 Å². The van der Waals surface area contributed by atoms with E-state index in [1.807, 2.05) is 24.3 Å². The van der Waals surface area contributed by atoms with Crippen LogP contribution in [0.25, 0.3) is 0 Å². The van der Waals surface area contributed by atoms with Gasteiger partial charge in [0.05, 0.1) is 0 Å². The Labute approximate surface area is 172 Å². The van der Waals surface area contributed by atoms with Crippen molar-refractivity contribution in [2.24, 2.45) is 5.92 Å². The zero-order valence-corrected chi connectivity index (χ0v) is 17.2. The third-order valence-corrected chi connectivity index (χ3v) is 5.05. The van der Waals surface area contributed by atoms with Gasteiger partial charge in [-0.25, -0.2) is 4.39 Å². The molecule has 0 bridgehead atoms. The molecule has 6 heteroatoms. The predicted octanol–water partition coefficient (Wildman–Crippen LogP) is 4.89. The van der Waals surface area contributed by atoms with Gasteiger partial charge in [0.1, 0.15) is 18.2 Å². The van der Waals surface area contributed by atoms with Gasteiger partial charge in [-0.05, 0) is 69.6 Å². The first-order valence-corrected chi connectivity index (χ1v) is 9.53. The van der Waals surface area contributed by atoms with E-state index in [-0.39, 0.29) is 30.0 Å². The second-order valence-electron chi connectivity index (χ2n) is 7.34. The number of likely N-dealkylation sites (tertiary alicyclic amines) is 1. The van der Waals surface area contributed by atoms with Crippen LogP contribution in [0.2, 0.25) is 0 Å². The van der Waals surface area contributed by atoms with Crippen LogP contribution in [0.4, 0.5) is 10.1 Å². The van der Waals surface area contributed by atoms with E-state index in [0.717, 1.165) is 37.2 Å². The fourth-order valence-corrected chi connectivity index (χ4v) is 3.33. The minimum absolute atomic E-state index is 0. The van der Waals surface area contributed by atoms with Gasteiger partial charge in [0, 0.05) is 23.7 Å². The van der Waals surface area contributed by atoms with E-state index >= 15 is 0 Å². The Hall–Kier alpha value is -2.11. The number of hydrogen-bond donors (Lipinski definition) is 1. The van der Waals surface area contributed by atoms with Crippen molar-refractivity contribution in [3.63, 3.8) is 0 Å². The summed E-state index contributed by atoms with van der Waals surface area (Å²) in [5, 5.41) is 3.01. The van der Waals surface area contributed by atoms with Crippen LogP contribution in [-0.4, -0.2) is 29.9 Å². The molecular weight excluding hydrogens is 379 g/mol. The molecule has 2 aromatic rings. The quantitative estimate of drug-likeness (QED) is 0.742. The SMILES string of the molecule is CC(C)N1CCC(C(=O)Nc2cccc(OCc3ccc(F)cc3)c2)CC1.Cl. The minimum atomic E-state index is -0.261. The third-order valence-electron chi connectivity index (χ3n) is 5.05. The molecule has 0 unspecified atom stereocenters. The standard InChI is InChI=1S/C22H27FN2O2.ClH/c1-16(2)25-12-10-18(11-13-25)22(26)24-20-4-3-5-21(14-20)27-15-17-6-8-19(23)9-7-17;/h3-9,14,16,18H,10-13,15H2,1-2H3,(H,24,26);1H. The number of rotatable bonds is 6. The molecule has 28 heavy (non-hydrogen) atoms. The Morgan fingerprint density at radius 3 is 2.50 bits per heavy atom. The Morgan fingerprint density at radius 1 is 1.18 bits per heavy atom. The number of halogens is 2. The van der Waals surface area contributed by atoms with Crippen LogP contribution in [-0.2, 0) is 11.4 Å².